The lowest BCUT2D eigenvalue weighted by atomic mass is 9.75. The number of carbonyl (C=O) groups excluding carboxylic acids is 1. The average Bonchev–Trinajstić information content (AvgIpc) is 3.34. The van der Waals surface area contributed by atoms with Gasteiger partial charge in [0.25, 0.3) is 0 Å². The number of nitriles is 1. The van der Waals surface area contributed by atoms with E-state index in [4.69, 9.17) is 16.9 Å². The van der Waals surface area contributed by atoms with Gasteiger partial charge in [-0.2, -0.15) is 10.4 Å². The minimum absolute atomic E-state index is 0.0959. The maximum absolute atomic E-state index is 12.7. The Hall–Kier alpha value is -3.08. The number of nitrogens with zero attached hydrogens (tertiary/aromatic N) is 4. The first-order valence-electron chi connectivity index (χ1n) is 10.8. The fourth-order valence-corrected chi connectivity index (χ4v) is 5.45. The zero-order chi connectivity index (χ0) is 22.5. The largest absolute Gasteiger partial charge is 0.386 e. The molecule has 32 heavy (non-hydrogen) atoms. The van der Waals surface area contributed by atoms with E-state index >= 15 is 0 Å². The monoisotopic (exact) mass is 449 g/mol. The van der Waals surface area contributed by atoms with Crippen LogP contribution in [0.4, 0.5) is 4.79 Å². The summed E-state index contributed by atoms with van der Waals surface area (Å²) in [6.45, 7) is 3.72. The summed E-state index contributed by atoms with van der Waals surface area (Å²) in [6.07, 6.45) is 2.68. The van der Waals surface area contributed by atoms with Crippen molar-refractivity contribution in [2.75, 3.05) is 13.1 Å². The predicted molar refractivity (Wildman–Crippen MR) is 121 cm³/mol. The van der Waals surface area contributed by atoms with Crippen molar-refractivity contribution in [3.8, 4) is 6.07 Å². The number of carbonyl (C=O) groups is 1. The van der Waals surface area contributed by atoms with Crippen LogP contribution in [-0.4, -0.2) is 38.9 Å². The first-order chi connectivity index (χ1) is 15.4. The minimum atomic E-state index is -0.686. The Kier molecular flexibility index (Phi) is 5.07. The lowest BCUT2D eigenvalue weighted by molar-refractivity contribution is -0.0116. The molecule has 2 atom stereocenters. The van der Waals surface area contributed by atoms with E-state index in [-0.39, 0.29) is 11.9 Å². The molecule has 3 aromatic rings. The lowest BCUT2D eigenvalue weighted by Crippen LogP contribution is -2.50. The van der Waals surface area contributed by atoms with Crippen LogP contribution in [0.15, 0.2) is 42.6 Å². The molecule has 1 fully saturated rings. The van der Waals surface area contributed by atoms with Crippen LogP contribution >= 0.6 is 11.6 Å². The number of benzene rings is 2. The number of halogens is 1. The van der Waals surface area contributed by atoms with Gasteiger partial charge in [0.15, 0.2) is 0 Å². The van der Waals surface area contributed by atoms with Crippen LogP contribution in [-0.2, 0) is 12.1 Å². The number of aromatic nitrogens is 2. The van der Waals surface area contributed by atoms with E-state index in [1.165, 1.54) is 0 Å². The first-order valence-corrected chi connectivity index (χ1v) is 11.2. The van der Waals surface area contributed by atoms with Crippen molar-refractivity contribution in [3.63, 3.8) is 0 Å². The summed E-state index contributed by atoms with van der Waals surface area (Å²) in [6, 6.07) is 12.9. The third kappa shape index (κ3) is 3.22. The van der Waals surface area contributed by atoms with Gasteiger partial charge < -0.3 is 15.3 Å². The third-order valence-corrected chi connectivity index (χ3v) is 7.32. The first kappa shape index (κ1) is 20.8. The van der Waals surface area contributed by atoms with Gasteiger partial charge in [0.1, 0.15) is 6.10 Å². The van der Waals surface area contributed by atoms with Crippen molar-refractivity contribution in [2.24, 2.45) is 5.92 Å². The highest BCUT2D eigenvalue weighted by molar-refractivity contribution is 6.31. The van der Waals surface area contributed by atoms with E-state index in [0.717, 1.165) is 34.9 Å². The zero-order valence-electron chi connectivity index (χ0n) is 17.8. The molecule has 2 aromatic carbocycles. The molecule has 7 nitrogen and oxygen atoms in total. The highest BCUT2D eigenvalue weighted by Gasteiger charge is 2.50. The van der Waals surface area contributed by atoms with Gasteiger partial charge in [-0.15, -0.1) is 0 Å². The van der Waals surface area contributed by atoms with E-state index in [2.05, 4.69) is 23.4 Å². The number of hydrogen-bond donors (Lipinski definition) is 2. The van der Waals surface area contributed by atoms with Crippen LogP contribution in [0.1, 0.15) is 42.6 Å². The quantitative estimate of drug-likeness (QED) is 0.633. The average molecular weight is 450 g/mol. The molecule has 1 saturated heterocycles. The number of aliphatic hydroxyl groups is 1. The molecule has 0 radical (unpaired) electrons. The Morgan fingerprint density at radius 3 is 2.72 bits per heavy atom. The van der Waals surface area contributed by atoms with Gasteiger partial charge in [0.05, 0.1) is 28.9 Å². The van der Waals surface area contributed by atoms with Crippen molar-refractivity contribution in [3.05, 3.63) is 64.3 Å². The SMILES string of the molecule is CC1(C2CCN(C(=O)NCc3ccc(C#N)cc3)CC2)[C@H](O)c2cc(Cl)cc3cnn1c23. The lowest BCUT2D eigenvalue weighted by Gasteiger charge is -2.42. The summed E-state index contributed by atoms with van der Waals surface area (Å²) in [5.74, 6) is 0.175. The van der Waals surface area contributed by atoms with Crippen molar-refractivity contribution >= 4 is 28.5 Å². The van der Waals surface area contributed by atoms with Gasteiger partial charge in [-0.25, -0.2) is 4.79 Å². The molecule has 8 heteroatoms. The molecule has 0 bridgehead atoms. The number of rotatable bonds is 3. The summed E-state index contributed by atoms with van der Waals surface area (Å²) in [5, 5.41) is 29.2. The number of hydrogen-bond acceptors (Lipinski definition) is 4. The van der Waals surface area contributed by atoms with Crippen LogP contribution in [0.2, 0.25) is 5.02 Å². The van der Waals surface area contributed by atoms with Gasteiger partial charge in [-0.3, -0.25) is 4.68 Å². The fraction of sp³-hybridized carbons (Fsp3) is 0.375. The molecule has 3 heterocycles. The third-order valence-electron chi connectivity index (χ3n) is 7.10. The number of piperidine rings is 1. The molecule has 1 unspecified atom stereocenters. The maximum Gasteiger partial charge on any atom is 0.317 e. The van der Waals surface area contributed by atoms with E-state index in [1.807, 2.05) is 33.8 Å². The Morgan fingerprint density at radius 2 is 2.03 bits per heavy atom. The number of likely N-dealkylation sites (tertiary alicyclic amines) is 1. The summed E-state index contributed by atoms with van der Waals surface area (Å²) < 4.78 is 1.96. The van der Waals surface area contributed by atoms with E-state index in [9.17, 15) is 9.90 Å². The van der Waals surface area contributed by atoms with Gasteiger partial charge in [-0.05, 0) is 55.5 Å². The standard InChI is InChI=1S/C24H24ClN5O2/c1-24(22(31)20-11-19(25)10-17-14-28-30(24)21(17)20)18-6-8-29(9-7-18)23(32)27-13-16-4-2-15(12-26)3-5-16/h2-5,10-11,14,18,22,31H,6-9,13H2,1H3,(H,27,32)/t22-,24?/m1/s1. The minimum Gasteiger partial charge on any atom is -0.386 e. The Bertz CT molecular complexity index is 1220. The second-order valence-electron chi connectivity index (χ2n) is 8.85. The Labute approximate surface area is 191 Å². The molecule has 2 aliphatic heterocycles. The molecule has 1 aromatic heterocycles. The summed E-state index contributed by atoms with van der Waals surface area (Å²) >= 11 is 6.26. The highest BCUT2D eigenvalue weighted by atomic mass is 35.5. The van der Waals surface area contributed by atoms with Crippen molar-refractivity contribution in [1.29, 1.82) is 5.26 Å². The number of nitrogens with one attached hydrogen (secondary N) is 1. The molecule has 164 valence electrons. The summed E-state index contributed by atoms with van der Waals surface area (Å²) in [4.78, 5) is 14.5. The van der Waals surface area contributed by atoms with Crippen LogP contribution < -0.4 is 5.32 Å². The maximum atomic E-state index is 12.7. The molecule has 2 N–H and O–H groups in total. The molecule has 2 aliphatic rings. The normalized spacial score (nSPS) is 22.8. The van der Waals surface area contributed by atoms with Crippen molar-refractivity contribution in [1.82, 2.24) is 20.0 Å². The van der Waals surface area contributed by atoms with Crippen molar-refractivity contribution in [2.45, 2.75) is 38.0 Å². The predicted octanol–water partition coefficient (Wildman–Crippen LogP) is 3.95. The molecule has 5 rings (SSSR count). The smallest absolute Gasteiger partial charge is 0.317 e. The molecule has 0 aliphatic carbocycles. The van der Waals surface area contributed by atoms with E-state index in [1.54, 1.807) is 18.3 Å². The summed E-state index contributed by atoms with van der Waals surface area (Å²) in [7, 11) is 0. The second kappa shape index (κ2) is 7.80. The molecular formula is C24H24ClN5O2. The summed E-state index contributed by atoms with van der Waals surface area (Å²) in [5.41, 5.74) is 2.76. The Morgan fingerprint density at radius 1 is 1.31 bits per heavy atom. The van der Waals surface area contributed by atoms with Crippen LogP contribution in [0.25, 0.3) is 10.9 Å². The highest BCUT2D eigenvalue weighted by Crippen LogP contribution is 2.51. The van der Waals surface area contributed by atoms with Crippen LogP contribution in [0.3, 0.4) is 0 Å². The number of urea groups is 1. The Balaban J connectivity index is 1.24. The van der Waals surface area contributed by atoms with Gasteiger partial charge in [-0.1, -0.05) is 23.7 Å². The van der Waals surface area contributed by atoms with E-state index < -0.39 is 11.6 Å². The molecule has 0 saturated carbocycles. The molecule has 2 amide bonds. The van der Waals surface area contributed by atoms with Gasteiger partial charge >= 0.3 is 6.03 Å². The van der Waals surface area contributed by atoms with Gasteiger partial charge in [0, 0.05) is 35.6 Å². The topological polar surface area (TPSA) is 94.2 Å². The zero-order valence-corrected chi connectivity index (χ0v) is 18.5. The van der Waals surface area contributed by atoms with Gasteiger partial charge in [0.2, 0.25) is 0 Å². The van der Waals surface area contributed by atoms with Crippen molar-refractivity contribution < 1.29 is 9.90 Å². The number of aliphatic hydroxyl groups excluding tert-OH is 1. The molecule has 0 spiro atoms. The van der Waals surface area contributed by atoms with Crippen LogP contribution in [0, 0.1) is 17.2 Å². The van der Waals surface area contributed by atoms with E-state index in [0.29, 0.717) is 30.2 Å². The van der Waals surface area contributed by atoms with Crippen LogP contribution in [0.5, 0.6) is 0 Å². The second-order valence-corrected chi connectivity index (χ2v) is 9.28. The number of amides is 2. The fourth-order valence-electron chi connectivity index (χ4n) is 5.22. The molecular weight excluding hydrogens is 426 g/mol.